The molecule has 1 aromatic rings. The molecular formula is C17H20N5O2. The molecule has 3 amide bonds. The second kappa shape index (κ2) is 5.81. The van der Waals surface area contributed by atoms with E-state index in [1.807, 2.05) is 37.0 Å². The zero-order chi connectivity index (χ0) is 16.7. The van der Waals surface area contributed by atoms with Crippen LogP contribution in [0.4, 0.5) is 16.2 Å². The molecule has 1 unspecified atom stereocenters. The van der Waals surface area contributed by atoms with Crippen molar-refractivity contribution in [1.29, 1.82) is 0 Å². The van der Waals surface area contributed by atoms with Gasteiger partial charge in [-0.1, -0.05) is 0 Å². The quantitative estimate of drug-likeness (QED) is 0.899. The number of carbonyl (C=O) groups excluding carboxylic acids is 2. The van der Waals surface area contributed by atoms with Crippen molar-refractivity contribution in [1.82, 2.24) is 4.90 Å². The first kappa shape index (κ1) is 15.0. The van der Waals surface area contributed by atoms with Gasteiger partial charge in [-0.15, -0.1) is 0 Å². The van der Waals surface area contributed by atoms with Crippen molar-refractivity contribution in [3.63, 3.8) is 0 Å². The summed E-state index contributed by atoms with van der Waals surface area (Å²) in [6.07, 6.45) is 5.68. The van der Waals surface area contributed by atoms with Crippen LogP contribution in [0.25, 0.3) is 0 Å². The number of carbonyl (C=O) groups is 2. The van der Waals surface area contributed by atoms with Gasteiger partial charge < -0.3 is 15.5 Å². The fourth-order valence-electron chi connectivity index (χ4n) is 3.71. The molecule has 0 aliphatic carbocycles. The summed E-state index contributed by atoms with van der Waals surface area (Å²) in [7, 11) is 0. The molecule has 2 saturated heterocycles. The predicted molar refractivity (Wildman–Crippen MR) is 92.0 cm³/mol. The molecule has 1 aromatic carbocycles. The lowest BCUT2D eigenvalue weighted by Crippen LogP contribution is -2.46. The van der Waals surface area contributed by atoms with Crippen molar-refractivity contribution in [3.8, 4) is 0 Å². The van der Waals surface area contributed by atoms with Crippen molar-refractivity contribution in [2.24, 2.45) is 10.7 Å². The first-order valence-corrected chi connectivity index (χ1v) is 8.26. The second-order valence-electron chi connectivity index (χ2n) is 6.29. The average molecular weight is 326 g/mol. The second-order valence-corrected chi connectivity index (χ2v) is 6.29. The zero-order valence-electron chi connectivity index (χ0n) is 13.3. The van der Waals surface area contributed by atoms with Gasteiger partial charge in [-0.2, -0.15) is 0 Å². The Labute approximate surface area is 140 Å². The van der Waals surface area contributed by atoms with Crippen molar-refractivity contribution in [3.05, 3.63) is 30.7 Å². The first-order valence-electron chi connectivity index (χ1n) is 8.26. The molecule has 2 atom stereocenters. The fourth-order valence-corrected chi connectivity index (χ4v) is 3.71. The molecule has 125 valence electrons. The Kier molecular flexibility index (Phi) is 3.63. The van der Waals surface area contributed by atoms with Crippen LogP contribution >= 0.6 is 0 Å². The van der Waals surface area contributed by atoms with Crippen LogP contribution in [0.15, 0.2) is 29.3 Å². The molecule has 4 rings (SSSR count). The molecule has 7 nitrogen and oxygen atoms in total. The number of nitrogens with two attached hydrogens (primary N) is 1. The van der Waals surface area contributed by atoms with E-state index < -0.39 is 11.9 Å². The smallest absolute Gasteiger partial charge is 0.325 e. The number of hydrogen-bond donors (Lipinski definition) is 1. The van der Waals surface area contributed by atoms with Gasteiger partial charge in [-0.25, -0.2) is 4.79 Å². The maximum atomic E-state index is 12.7. The van der Waals surface area contributed by atoms with E-state index in [0.717, 1.165) is 31.6 Å². The summed E-state index contributed by atoms with van der Waals surface area (Å²) >= 11 is 0. The Bertz CT molecular complexity index is 687. The monoisotopic (exact) mass is 326 g/mol. The van der Waals surface area contributed by atoms with E-state index in [1.165, 1.54) is 4.90 Å². The molecule has 3 aliphatic rings. The maximum Gasteiger partial charge on any atom is 0.325 e. The van der Waals surface area contributed by atoms with Crippen LogP contribution in [-0.2, 0) is 4.79 Å². The molecule has 1 radical (unpaired) electrons. The van der Waals surface area contributed by atoms with E-state index in [-0.39, 0.29) is 12.1 Å². The fraction of sp³-hybridized carbons (Fsp3) is 0.412. The van der Waals surface area contributed by atoms with Crippen LogP contribution in [0.3, 0.4) is 0 Å². The zero-order valence-corrected chi connectivity index (χ0v) is 13.3. The van der Waals surface area contributed by atoms with E-state index in [1.54, 1.807) is 4.90 Å². The summed E-state index contributed by atoms with van der Waals surface area (Å²) in [4.78, 5) is 34.2. The highest BCUT2D eigenvalue weighted by Gasteiger charge is 2.51. The Hall–Kier alpha value is -2.57. The minimum Gasteiger partial charge on any atom is -0.368 e. The maximum absolute atomic E-state index is 12.7. The molecule has 2 fully saturated rings. The number of anilines is 2. The molecule has 0 bridgehead atoms. The topological polar surface area (TPSA) is 82.2 Å². The third-order valence-electron chi connectivity index (χ3n) is 4.85. The van der Waals surface area contributed by atoms with Crippen LogP contribution < -0.4 is 15.5 Å². The molecule has 3 aliphatic heterocycles. The summed E-state index contributed by atoms with van der Waals surface area (Å²) in [5.74, 6) is -0.471. The number of benzene rings is 1. The summed E-state index contributed by atoms with van der Waals surface area (Å²) in [6, 6.07) is 6.63. The number of amides is 3. The molecule has 7 heteroatoms. The van der Waals surface area contributed by atoms with Gasteiger partial charge in [0.1, 0.15) is 6.04 Å². The van der Waals surface area contributed by atoms with Crippen LogP contribution in [-0.4, -0.2) is 54.9 Å². The van der Waals surface area contributed by atoms with Gasteiger partial charge in [-0.3, -0.25) is 14.7 Å². The highest BCUT2D eigenvalue weighted by atomic mass is 16.2. The van der Waals surface area contributed by atoms with E-state index in [0.29, 0.717) is 12.2 Å². The SMILES string of the molecule is NC(=O)C1[C@H]2[CH]CCN2C(=O)N1c1ccc(N2C=NCCC2)cc1. The Morgan fingerprint density at radius 1 is 1.17 bits per heavy atom. The lowest BCUT2D eigenvalue weighted by molar-refractivity contribution is -0.119. The minimum atomic E-state index is -0.637. The van der Waals surface area contributed by atoms with Crippen LogP contribution in [0.5, 0.6) is 0 Å². The highest BCUT2D eigenvalue weighted by Crippen LogP contribution is 2.35. The Morgan fingerprint density at radius 3 is 2.58 bits per heavy atom. The van der Waals surface area contributed by atoms with Crippen LogP contribution in [0, 0.1) is 6.42 Å². The van der Waals surface area contributed by atoms with Crippen LogP contribution in [0.1, 0.15) is 12.8 Å². The Morgan fingerprint density at radius 2 is 1.92 bits per heavy atom. The third kappa shape index (κ3) is 2.31. The summed E-state index contributed by atoms with van der Waals surface area (Å²) < 4.78 is 0. The van der Waals surface area contributed by atoms with Gasteiger partial charge in [0.25, 0.3) is 0 Å². The van der Waals surface area contributed by atoms with Gasteiger partial charge in [0.15, 0.2) is 0 Å². The molecule has 0 aromatic heterocycles. The highest BCUT2D eigenvalue weighted by molar-refractivity contribution is 6.04. The summed E-state index contributed by atoms with van der Waals surface area (Å²) in [5, 5.41) is 0. The van der Waals surface area contributed by atoms with E-state index in [2.05, 4.69) is 9.89 Å². The van der Waals surface area contributed by atoms with Crippen molar-refractivity contribution < 1.29 is 9.59 Å². The van der Waals surface area contributed by atoms with Crippen molar-refractivity contribution in [2.75, 3.05) is 29.4 Å². The number of hydrogen-bond acceptors (Lipinski definition) is 4. The van der Waals surface area contributed by atoms with Gasteiger partial charge in [0.2, 0.25) is 5.91 Å². The molecule has 0 spiro atoms. The van der Waals surface area contributed by atoms with Crippen molar-refractivity contribution in [2.45, 2.75) is 24.9 Å². The number of rotatable bonds is 3. The molecule has 0 saturated carbocycles. The predicted octanol–water partition coefficient (Wildman–Crippen LogP) is 0.997. The number of nitrogens with zero attached hydrogens (tertiary/aromatic N) is 4. The van der Waals surface area contributed by atoms with Crippen molar-refractivity contribution >= 4 is 29.7 Å². The van der Waals surface area contributed by atoms with Gasteiger partial charge in [0, 0.05) is 31.0 Å². The van der Waals surface area contributed by atoms with Crippen LogP contribution in [0.2, 0.25) is 0 Å². The average Bonchev–Trinajstić information content (AvgIpc) is 3.18. The number of aliphatic imine (C=N–C) groups is 1. The number of fused-ring (bicyclic) bond motifs is 1. The lowest BCUT2D eigenvalue weighted by Gasteiger charge is -2.25. The lowest BCUT2D eigenvalue weighted by atomic mass is 10.1. The molecular weight excluding hydrogens is 306 g/mol. The standard InChI is InChI=1S/C17H20N5O2/c18-16(23)15-14-3-1-10-21(14)17(24)22(15)13-6-4-12(5-7-13)20-9-2-8-19-11-20/h3-7,11,14-15H,1-2,8-10H2,(H2,18,23)/t14-,15?/m1/s1. The van der Waals surface area contributed by atoms with Gasteiger partial charge >= 0.3 is 6.03 Å². The van der Waals surface area contributed by atoms with E-state index >= 15 is 0 Å². The molecule has 2 N–H and O–H groups in total. The number of primary amides is 1. The van der Waals surface area contributed by atoms with E-state index in [4.69, 9.17) is 5.73 Å². The molecule has 3 heterocycles. The normalized spacial score (nSPS) is 26.2. The van der Waals surface area contributed by atoms with Gasteiger partial charge in [-0.05, 0) is 43.5 Å². The summed E-state index contributed by atoms with van der Waals surface area (Å²) in [6.45, 7) is 2.44. The Balaban J connectivity index is 1.62. The molecule has 24 heavy (non-hydrogen) atoms. The van der Waals surface area contributed by atoms with Gasteiger partial charge in [0.05, 0.1) is 12.4 Å². The number of urea groups is 1. The first-order chi connectivity index (χ1) is 11.7. The third-order valence-corrected chi connectivity index (χ3v) is 4.85. The summed E-state index contributed by atoms with van der Waals surface area (Å²) in [5.41, 5.74) is 7.31. The van der Waals surface area contributed by atoms with E-state index in [9.17, 15) is 9.59 Å². The minimum absolute atomic E-state index is 0.148. The largest absolute Gasteiger partial charge is 0.368 e.